The van der Waals surface area contributed by atoms with Crippen LogP contribution in [0.4, 0.5) is 0 Å². The third-order valence-electron chi connectivity index (χ3n) is 2.98. The maximum atomic E-state index is 4.48. The average Bonchev–Trinajstić information content (AvgIpc) is 2.99. The molecular formula is C12H19N5S. The van der Waals surface area contributed by atoms with Crippen molar-refractivity contribution in [3.63, 3.8) is 0 Å². The summed E-state index contributed by atoms with van der Waals surface area (Å²) in [6.45, 7) is 5.17. The van der Waals surface area contributed by atoms with Gasteiger partial charge in [0.15, 0.2) is 0 Å². The number of hydrogen-bond acceptors (Lipinski definition) is 5. The summed E-state index contributed by atoms with van der Waals surface area (Å²) in [7, 11) is 2.00. The SMILES string of the molecule is CCNC(Cc1cc(CC)nn1C)c1cnns1. The van der Waals surface area contributed by atoms with Crippen LogP contribution >= 0.6 is 11.5 Å². The summed E-state index contributed by atoms with van der Waals surface area (Å²) in [5.41, 5.74) is 2.39. The van der Waals surface area contributed by atoms with Crippen molar-refractivity contribution in [3.8, 4) is 0 Å². The van der Waals surface area contributed by atoms with Crippen LogP contribution in [0.15, 0.2) is 12.3 Å². The Bertz CT molecular complexity index is 477. The molecule has 2 heterocycles. The molecule has 0 aliphatic heterocycles. The number of nitrogens with zero attached hydrogens (tertiary/aromatic N) is 4. The summed E-state index contributed by atoms with van der Waals surface area (Å²) >= 11 is 1.46. The Balaban J connectivity index is 2.15. The topological polar surface area (TPSA) is 55.6 Å². The highest BCUT2D eigenvalue weighted by Gasteiger charge is 2.16. The standard InChI is InChI=1S/C12H19N5S/c1-4-9-6-10(17(3)15-9)7-11(13-5-2)12-8-14-16-18-12/h6,8,11,13H,4-5,7H2,1-3H3. The first-order valence-electron chi connectivity index (χ1n) is 6.27. The molecule has 0 amide bonds. The van der Waals surface area contributed by atoms with Crippen LogP contribution in [-0.2, 0) is 19.9 Å². The molecule has 2 rings (SSSR count). The minimum absolute atomic E-state index is 0.273. The molecular weight excluding hydrogens is 246 g/mol. The third kappa shape index (κ3) is 2.94. The van der Waals surface area contributed by atoms with Crippen molar-refractivity contribution in [2.75, 3.05) is 6.54 Å². The van der Waals surface area contributed by atoms with Crippen LogP contribution in [0, 0.1) is 0 Å². The van der Waals surface area contributed by atoms with Gasteiger partial charge < -0.3 is 5.32 Å². The van der Waals surface area contributed by atoms with Gasteiger partial charge in [-0.3, -0.25) is 4.68 Å². The predicted octanol–water partition coefficient (Wildman–Crippen LogP) is 1.73. The van der Waals surface area contributed by atoms with E-state index in [2.05, 4.69) is 39.9 Å². The lowest BCUT2D eigenvalue weighted by Crippen LogP contribution is -2.23. The third-order valence-corrected chi connectivity index (χ3v) is 3.75. The molecule has 0 saturated heterocycles. The summed E-state index contributed by atoms with van der Waals surface area (Å²) in [5, 5.41) is 11.9. The summed E-state index contributed by atoms with van der Waals surface area (Å²) in [6.07, 6.45) is 3.73. The molecule has 0 saturated carbocycles. The van der Waals surface area contributed by atoms with Gasteiger partial charge in [-0.1, -0.05) is 18.3 Å². The molecule has 1 unspecified atom stereocenters. The van der Waals surface area contributed by atoms with Crippen molar-refractivity contribution in [1.29, 1.82) is 0 Å². The van der Waals surface area contributed by atoms with Gasteiger partial charge in [0.05, 0.1) is 22.8 Å². The Hall–Kier alpha value is -1.27. The van der Waals surface area contributed by atoms with Gasteiger partial charge >= 0.3 is 0 Å². The molecule has 98 valence electrons. The predicted molar refractivity (Wildman–Crippen MR) is 72.6 cm³/mol. The molecule has 1 atom stereocenters. The maximum absolute atomic E-state index is 4.48. The Morgan fingerprint density at radius 3 is 2.83 bits per heavy atom. The van der Waals surface area contributed by atoms with Gasteiger partial charge in [0.1, 0.15) is 0 Å². The van der Waals surface area contributed by atoms with Crippen molar-refractivity contribution >= 4 is 11.5 Å². The second kappa shape index (κ2) is 6.06. The van der Waals surface area contributed by atoms with Crippen molar-refractivity contribution < 1.29 is 0 Å². The molecule has 18 heavy (non-hydrogen) atoms. The van der Waals surface area contributed by atoms with Gasteiger partial charge in [-0.25, -0.2) is 0 Å². The molecule has 0 aliphatic rings. The highest BCUT2D eigenvalue weighted by Crippen LogP contribution is 2.20. The number of likely N-dealkylation sites (N-methyl/N-ethyl adjacent to an activating group) is 1. The van der Waals surface area contributed by atoms with Crippen molar-refractivity contribution in [2.45, 2.75) is 32.7 Å². The van der Waals surface area contributed by atoms with Gasteiger partial charge in [0.25, 0.3) is 0 Å². The number of aryl methyl sites for hydroxylation is 2. The molecule has 5 nitrogen and oxygen atoms in total. The Labute approximate surface area is 111 Å². The lowest BCUT2D eigenvalue weighted by atomic mass is 10.1. The van der Waals surface area contributed by atoms with Gasteiger partial charge in [-0.05, 0) is 30.6 Å². The highest BCUT2D eigenvalue weighted by molar-refractivity contribution is 7.05. The van der Waals surface area contributed by atoms with E-state index in [1.54, 1.807) is 0 Å². The first kappa shape index (κ1) is 13.2. The molecule has 2 aromatic rings. The quantitative estimate of drug-likeness (QED) is 0.864. The first-order valence-corrected chi connectivity index (χ1v) is 7.04. The molecule has 0 spiro atoms. The second-order valence-corrected chi connectivity index (χ2v) is 5.06. The summed E-state index contributed by atoms with van der Waals surface area (Å²) < 4.78 is 5.91. The van der Waals surface area contributed by atoms with Crippen LogP contribution in [-0.4, -0.2) is 25.9 Å². The lowest BCUT2D eigenvalue weighted by Gasteiger charge is -2.15. The lowest BCUT2D eigenvalue weighted by molar-refractivity contribution is 0.535. The van der Waals surface area contributed by atoms with E-state index >= 15 is 0 Å². The molecule has 0 aliphatic carbocycles. The average molecular weight is 265 g/mol. The zero-order chi connectivity index (χ0) is 13.0. The maximum Gasteiger partial charge on any atom is 0.0669 e. The van der Waals surface area contributed by atoms with Gasteiger partial charge in [-0.15, -0.1) is 5.10 Å². The fraction of sp³-hybridized carbons (Fsp3) is 0.583. The van der Waals surface area contributed by atoms with Gasteiger partial charge in [0.2, 0.25) is 0 Å². The largest absolute Gasteiger partial charge is 0.309 e. The van der Waals surface area contributed by atoms with E-state index in [0.717, 1.165) is 25.1 Å². The summed E-state index contributed by atoms with van der Waals surface area (Å²) in [5.74, 6) is 0. The molecule has 2 aromatic heterocycles. The number of hydrogen-bond donors (Lipinski definition) is 1. The Morgan fingerprint density at radius 2 is 2.28 bits per heavy atom. The smallest absolute Gasteiger partial charge is 0.0669 e. The highest BCUT2D eigenvalue weighted by atomic mass is 32.1. The summed E-state index contributed by atoms with van der Waals surface area (Å²) in [4.78, 5) is 1.18. The van der Waals surface area contributed by atoms with E-state index in [4.69, 9.17) is 0 Å². The molecule has 1 N–H and O–H groups in total. The zero-order valence-electron chi connectivity index (χ0n) is 11.1. The minimum atomic E-state index is 0.273. The van der Waals surface area contributed by atoms with E-state index in [1.807, 2.05) is 17.9 Å². The van der Waals surface area contributed by atoms with E-state index in [9.17, 15) is 0 Å². The van der Waals surface area contributed by atoms with Crippen LogP contribution in [0.25, 0.3) is 0 Å². The second-order valence-electron chi connectivity index (χ2n) is 4.24. The summed E-state index contributed by atoms with van der Waals surface area (Å²) in [6, 6.07) is 2.45. The van der Waals surface area contributed by atoms with Crippen LogP contribution in [0.3, 0.4) is 0 Å². The van der Waals surface area contributed by atoms with Crippen LogP contribution in [0.5, 0.6) is 0 Å². The van der Waals surface area contributed by atoms with Gasteiger partial charge in [-0.2, -0.15) is 5.10 Å². The van der Waals surface area contributed by atoms with Crippen LogP contribution in [0.1, 0.15) is 36.2 Å². The van der Waals surface area contributed by atoms with Crippen LogP contribution in [0.2, 0.25) is 0 Å². The number of nitrogens with one attached hydrogen (secondary N) is 1. The normalized spacial score (nSPS) is 12.8. The van der Waals surface area contributed by atoms with Crippen molar-refractivity contribution in [2.24, 2.45) is 7.05 Å². The Kier molecular flexibility index (Phi) is 4.43. The molecule has 0 radical (unpaired) electrons. The monoisotopic (exact) mass is 265 g/mol. The molecule has 6 heteroatoms. The Morgan fingerprint density at radius 1 is 1.44 bits per heavy atom. The van der Waals surface area contributed by atoms with E-state index in [1.165, 1.54) is 22.1 Å². The first-order chi connectivity index (χ1) is 8.74. The van der Waals surface area contributed by atoms with Gasteiger partial charge in [0, 0.05) is 19.2 Å². The molecule has 0 aromatic carbocycles. The van der Waals surface area contributed by atoms with E-state index in [0.29, 0.717) is 0 Å². The molecule has 0 fully saturated rings. The molecule has 0 bridgehead atoms. The van der Waals surface area contributed by atoms with E-state index in [-0.39, 0.29) is 6.04 Å². The number of aromatic nitrogens is 4. The minimum Gasteiger partial charge on any atom is -0.309 e. The fourth-order valence-electron chi connectivity index (χ4n) is 1.99. The van der Waals surface area contributed by atoms with Crippen molar-refractivity contribution in [1.82, 2.24) is 24.7 Å². The number of rotatable bonds is 6. The van der Waals surface area contributed by atoms with Crippen LogP contribution < -0.4 is 5.32 Å². The van der Waals surface area contributed by atoms with E-state index < -0.39 is 0 Å². The van der Waals surface area contributed by atoms with Crippen molar-refractivity contribution in [3.05, 3.63) is 28.5 Å². The zero-order valence-corrected chi connectivity index (χ0v) is 11.9. The fourth-order valence-corrected chi connectivity index (χ4v) is 2.57.